The summed E-state index contributed by atoms with van der Waals surface area (Å²) in [4.78, 5) is 14.8. The van der Waals surface area contributed by atoms with Crippen LogP contribution in [-0.2, 0) is 0 Å². The van der Waals surface area contributed by atoms with E-state index < -0.39 is 0 Å². The molecule has 134 valence electrons. The number of hydrogen-bond donors (Lipinski definition) is 3. The van der Waals surface area contributed by atoms with Crippen molar-refractivity contribution in [2.45, 2.75) is 51.1 Å². The van der Waals surface area contributed by atoms with E-state index in [0.29, 0.717) is 0 Å². The number of nitrogens with one attached hydrogen (secondary N) is 2. The molecule has 1 aliphatic heterocycles. The van der Waals surface area contributed by atoms with Crippen LogP contribution in [-0.4, -0.2) is 47.8 Å². The zero-order valence-electron chi connectivity index (χ0n) is 14.9. The molecule has 24 heavy (non-hydrogen) atoms. The fourth-order valence-electron chi connectivity index (χ4n) is 3.31. The van der Waals surface area contributed by atoms with Gasteiger partial charge in [0.15, 0.2) is 0 Å². The maximum absolute atomic E-state index is 12.4. The van der Waals surface area contributed by atoms with Crippen molar-refractivity contribution in [1.82, 2.24) is 15.5 Å². The molecule has 0 spiro atoms. The molecule has 0 saturated carbocycles. The third-order valence-electron chi connectivity index (χ3n) is 4.46. The van der Waals surface area contributed by atoms with E-state index in [1.54, 1.807) is 0 Å². The largest absolute Gasteiger partial charge is 0.394 e. The van der Waals surface area contributed by atoms with Crippen LogP contribution in [0.3, 0.4) is 0 Å². The molecular weight excluding hydrogens is 302 g/mol. The summed E-state index contributed by atoms with van der Waals surface area (Å²) < 4.78 is 0. The maximum Gasteiger partial charge on any atom is 0.315 e. The molecule has 0 radical (unpaired) electrons. The first kappa shape index (κ1) is 18.7. The van der Waals surface area contributed by atoms with Crippen LogP contribution in [0.25, 0.3) is 0 Å². The van der Waals surface area contributed by atoms with Gasteiger partial charge in [-0.3, -0.25) is 0 Å². The van der Waals surface area contributed by atoms with Crippen molar-refractivity contribution < 1.29 is 9.90 Å². The molecule has 3 N–H and O–H groups in total. The lowest BCUT2D eigenvalue weighted by Gasteiger charge is -2.33. The number of hydrogen-bond acceptors (Lipinski definition) is 3. The lowest BCUT2D eigenvalue weighted by Crippen LogP contribution is -2.55. The molecule has 1 fully saturated rings. The SMILES string of the molecule is CC(C)(CN1CCCCCC1)NC(=O)N[C@@H](CO)c1ccccc1. The van der Waals surface area contributed by atoms with Gasteiger partial charge in [-0.25, -0.2) is 4.79 Å². The second-order valence-corrected chi connectivity index (χ2v) is 7.32. The average Bonchev–Trinajstić information content (AvgIpc) is 2.81. The van der Waals surface area contributed by atoms with Crippen molar-refractivity contribution in [2.75, 3.05) is 26.2 Å². The van der Waals surface area contributed by atoms with Gasteiger partial charge in [0.05, 0.1) is 12.6 Å². The standard InChI is InChI=1S/C19H31N3O2/c1-19(2,15-22-12-8-3-4-9-13-22)21-18(24)20-17(14-23)16-10-6-5-7-11-16/h5-7,10-11,17,23H,3-4,8-9,12-15H2,1-2H3,(H2,20,21,24)/t17-/m0/s1. The molecule has 5 heteroatoms. The maximum atomic E-state index is 12.4. The number of nitrogens with zero attached hydrogens (tertiary/aromatic N) is 1. The molecule has 5 nitrogen and oxygen atoms in total. The van der Waals surface area contributed by atoms with Crippen molar-refractivity contribution in [3.8, 4) is 0 Å². The van der Waals surface area contributed by atoms with Gasteiger partial charge in [-0.05, 0) is 45.3 Å². The Balaban J connectivity index is 1.87. The van der Waals surface area contributed by atoms with Gasteiger partial charge in [0.2, 0.25) is 0 Å². The highest BCUT2D eigenvalue weighted by Gasteiger charge is 2.25. The van der Waals surface area contributed by atoms with E-state index in [4.69, 9.17) is 0 Å². The van der Waals surface area contributed by atoms with Crippen LogP contribution in [0, 0.1) is 0 Å². The summed E-state index contributed by atoms with van der Waals surface area (Å²) in [7, 11) is 0. The molecule has 1 aliphatic rings. The second-order valence-electron chi connectivity index (χ2n) is 7.32. The van der Waals surface area contributed by atoms with Gasteiger partial charge in [0, 0.05) is 12.1 Å². The summed E-state index contributed by atoms with van der Waals surface area (Å²) in [5, 5.41) is 15.5. The molecule has 0 aromatic heterocycles. The Kier molecular flexibility index (Phi) is 7.06. The minimum Gasteiger partial charge on any atom is -0.394 e. The zero-order chi connectivity index (χ0) is 17.4. The zero-order valence-corrected chi connectivity index (χ0v) is 14.9. The van der Waals surface area contributed by atoms with Gasteiger partial charge >= 0.3 is 6.03 Å². The number of aliphatic hydroxyl groups is 1. The van der Waals surface area contributed by atoms with E-state index in [2.05, 4.69) is 15.5 Å². The fourth-order valence-corrected chi connectivity index (χ4v) is 3.31. The molecule has 1 aromatic rings. The van der Waals surface area contributed by atoms with E-state index >= 15 is 0 Å². The van der Waals surface area contributed by atoms with Crippen LogP contribution >= 0.6 is 0 Å². The number of benzene rings is 1. The van der Waals surface area contributed by atoms with Crippen molar-refractivity contribution in [1.29, 1.82) is 0 Å². The molecule has 1 heterocycles. The van der Waals surface area contributed by atoms with Crippen molar-refractivity contribution >= 4 is 6.03 Å². The summed E-state index contributed by atoms with van der Waals surface area (Å²) in [5.41, 5.74) is 0.589. The molecule has 1 saturated heterocycles. The van der Waals surface area contributed by atoms with E-state index in [9.17, 15) is 9.90 Å². The Labute approximate surface area is 145 Å². The number of carbonyl (C=O) groups excluding carboxylic acids is 1. The lowest BCUT2D eigenvalue weighted by molar-refractivity contribution is 0.186. The van der Waals surface area contributed by atoms with Gasteiger partial charge in [0.25, 0.3) is 0 Å². The van der Waals surface area contributed by atoms with Crippen LogP contribution in [0.2, 0.25) is 0 Å². The van der Waals surface area contributed by atoms with Gasteiger partial charge in [-0.1, -0.05) is 43.2 Å². The summed E-state index contributed by atoms with van der Waals surface area (Å²) in [6.07, 6.45) is 5.09. The highest BCUT2D eigenvalue weighted by molar-refractivity contribution is 5.75. The smallest absolute Gasteiger partial charge is 0.315 e. The number of carbonyl (C=O) groups is 1. The van der Waals surface area contributed by atoms with Crippen LogP contribution in [0.1, 0.15) is 51.1 Å². The highest BCUT2D eigenvalue weighted by atomic mass is 16.3. The Bertz CT molecular complexity index is 497. The Morgan fingerprint density at radius 3 is 2.38 bits per heavy atom. The van der Waals surface area contributed by atoms with E-state index in [-0.39, 0.29) is 24.2 Å². The molecule has 2 rings (SSSR count). The second kappa shape index (κ2) is 9.04. The Hall–Kier alpha value is -1.59. The average molecular weight is 333 g/mol. The van der Waals surface area contributed by atoms with Gasteiger partial charge in [0.1, 0.15) is 0 Å². The Morgan fingerprint density at radius 2 is 1.79 bits per heavy atom. The predicted octanol–water partition coefficient (Wildman–Crippen LogP) is 2.67. The third-order valence-corrected chi connectivity index (χ3v) is 4.46. The number of likely N-dealkylation sites (tertiary alicyclic amines) is 1. The topological polar surface area (TPSA) is 64.6 Å². The molecule has 1 aromatic carbocycles. The normalized spacial score (nSPS) is 17.8. The van der Waals surface area contributed by atoms with E-state index in [1.807, 2.05) is 44.2 Å². The summed E-state index contributed by atoms with van der Waals surface area (Å²) in [5.74, 6) is 0. The summed E-state index contributed by atoms with van der Waals surface area (Å²) >= 11 is 0. The lowest BCUT2D eigenvalue weighted by atomic mass is 10.0. The summed E-state index contributed by atoms with van der Waals surface area (Å²) in [6.45, 7) is 7.04. The molecule has 1 atom stereocenters. The number of aliphatic hydroxyl groups excluding tert-OH is 1. The highest BCUT2D eigenvalue weighted by Crippen LogP contribution is 2.15. The third kappa shape index (κ3) is 6.13. The predicted molar refractivity (Wildman–Crippen MR) is 96.9 cm³/mol. The molecule has 0 unspecified atom stereocenters. The minimum absolute atomic E-state index is 0.121. The quantitative estimate of drug-likeness (QED) is 0.750. The molecule has 0 bridgehead atoms. The van der Waals surface area contributed by atoms with E-state index in [1.165, 1.54) is 25.7 Å². The van der Waals surface area contributed by atoms with Crippen LogP contribution in [0.4, 0.5) is 4.79 Å². The summed E-state index contributed by atoms with van der Waals surface area (Å²) in [6, 6.07) is 8.91. The van der Waals surface area contributed by atoms with Crippen molar-refractivity contribution in [2.24, 2.45) is 0 Å². The number of amides is 2. The molecule has 0 aliphatic carbocycles. The monoisotopic (exact) mass is 333 g/mol. The fraction of sp³-hybridized carbons (Fsp3) is 0.632. The van der Waals surface area contributed by atoms with Gasteiger partial charge < -0.3 is 20.6 Å². The van der Waals surface area contributed by atoms with E-state index in [0.717, 1.165) is 25.2 Å². The van der Waals surface area contributed by atoms with Gasteiger partial charge in [-0.2, -0.15) is 0 Å². The van der Waals surface area contributed by atoms with Crippen molar-refractivity contribution in [3.05, 3.63) is 35.9 Å². The first-order valence-corrected chi connectivity index (χ1v) is 8.97. The number of rotatable bonds is 6. The van der Waals surface area contributed by atoms with Gasteiger partial charge in [-0.15, -0.1) is 0 Å². The Morgan fingerprint density at radius 1 is 1.17 bits per heavy atom. The minimum atomic E-state index is -0.389. The van der Waals surface area contributed by atoms with Crippen molar-refractivity contribution in [3.63, 3.8) is 0 Å². The van der Waals surface area contributed by atoms with Crippen LogP contribution < -0.4 is 10.6 Å². The first-order chi connectivity index (χ1) is 11.5. The first-order valence-electron chi connectivity index (χ1n) is 8.97. The van der Waals surface area contributed by atoms with Crippen LogP contribution in [0.5, 0.6) is 0 Å². The molecular formula is C19H31N3O2. The molecule has 2 amide bonds. The number of urea groups is 1. The van der Waals surface area contributed by atoms with Crippen LogP contribution in [0.15, 0.2) is 30.3 Å².